The number of anilines is 3. The summed E-state index contributed by atoms with van der Waals surface area (Å²) in [6, 6.07) is 85.3. The van der Waals surface area contributed by atoms with Crippen molar-refractivity contribution in [2.45, 2.75) is 5.41 Å². The van der Waals surface area contributed by atoms with Crippen LogP contribution in [0.15, 0.2) is 245 Å². The maximum atomic E-state index is 6.49. The maximum absolute atomic E-state index is 6.49. The highest BCUT2D eigenvalue weighted by molar-refractivity contribution is 6.10. The van der Waals surface area contributed by atoms with Crippen molar-refractivity contribution in [2.75, 3.05) is 4.90 Å². The molecule has 0 fully saturated rings. The van der Waals surface area contributed by atoms with Crippen LogP contribution in [0.4, 0.5) is 17.1 Å². The first-order valence-electron chi connectivity index (χ1n) is 21.9. The minimum absolute atomic E-state index is 0.527. The molecule has 2 heterocycles. The molecule has 2 aromatic heterocycles. The molecule has 64 heavy (non-hydrogen) atoms. The minimum Gasteiger partial charge on any atom is -0.455 e. The Balaban J connectivity index is 0.984. The van der Waals surface area contributed by atoms with E-state index in [0.717, 1.165) is 83.2 Å². The van der Waals surface area contributed by atoms with Crippen molar-refractivity contribution >= 4 is 60.9 Å². The van der Waals surface area contributed by atoms with Crippen LogP contribution in [0.1, 0.15) is 22.3 Å². The second kappa shape index (κ2) is 14.3. The third-order valence-corrected chi connectivity index (χ3v) is 13.4. The smallest absolute Gasteiger partial charge is 0.143 e. The normalized spacial score (nSPS) is 12.8. The summed E-state index contributed by atoms with van der Waals surface area (Å²) in [6.45, 7) is 0. The van der Waals surface area contributed by atoms with Gasteiger partial charge in [-0.2, -0.15) is 0 Å². The number of benzene rings is 10. The molecule has 0 spiro atoms. The van der Waals surface area contributed by atoms with Crippen molar-refractivity contribution in [3.8, 4) is 33.4 Å². The van der Waals surface area contributed by atoms with Gasteiger partial charge in [0, 0.05) is 49.7 Å². The molecule has 0 N–H and O–H groups in total. The fraction of sp³-hybridized carbons (Fsp3) is 0.0164. The number of fused-ring (bicyclic) bond motifs is 9. The van der Waals surface area contributed by atoms with Gasteiger partial charge in [-0.25, -0.2) is 0 Å². The van der Waals surface area contributed by atoms with Crippen LogP contribution in [-0.2, 0) is 5.41 Å². The van der Waals surface area contributed by atoms with Gasteiger partial charge in [0.05, 0.1) is 5.41 Å². The summed E-state index contributed by atoms with van der Waals surface area (Å²) >= 11 is 0. The zero-order valence-corrected chi connectivity index (χ0v) is 34.8. The van der Waals surface area contributed by atoms with Gasteiger partial charge in [-0.1, -0.05) is 188 Å². The van der Waals surface area contributed by atoms with Crippen molar-refractivity contribution in [2.24, 2.45) is 0 Å². The summed E-state index contributed by atoms with van der Waals surface area (Å²) in [7, 11) is 0. The number of nitrogens with zero attached hydrogens (tertiary/aromatic N) is 1. The third-order valence-electron chi connectivity index (χ3n) is 13.4. The number of hydrogen-bond donors (Lipinski definition) is 0. The van der Waals surface area contributed by atoms with E-state index < -0.39 is 5.41 Å². The van der Waals surface area contributed by atoms with Crippen molar-refractivity contribution in [1.29, 1.82) is 0 Å². The van der Waals surface area contributed by atoms with Crippen molar-refractivity contribution in [3.63, 3.8) is 0 Å². The van der Waals surface area contributed by atoms with Crippen LogP contribution in [0.5, 0.6) is 0 Å². The second-order valence-electron chi connectivity index (χ2n) is 16.7. The van der Waals surface area contributed by atoms with Gasteiger partial charge in [0.15, 0.2) is 0 Å². The van der Waals surface area contributed by atoms with Crippen LogP contribution >= 0.6 is 0 Å². The fourth-order valence-corrected chi connectivity index (χ4v) is 10.6. The Morgan fingerprint density at radius 2 is 0.719 bits per heavy atom. The molecule has 3 heteroatoms. The Morgan fingerprint density at radius 1 is 0.297 bits per heavy atom. The van der Waals surface area contributed by atoms with E-state index in [4.69, 9.17) is 8.83 Å². The fourth-order valence-electron chi connectivity index (χ4n) is 10.6. The Labute approximate surface area is 370 Å². The molecule has 0 atom stereocenters. The molecular formula is C61H39NO2. The molecule has 0 unspecified atom stereocenters. The van der Waals surface area contributed by atoms with Crippen molar-refractivity contribution in [3.05, 3.63) is 259 Å². The van der Waals surface area contributed by atoms with Crippen LogP contribution in [0.3, 0.4) is 0 Å². The van der Waals surface area contributed by atoms with Gasteiger partial charge < -0.3 is 13.7 Å². The number of furan rings is 2. The van der Waals surface area contributed by atoms with E-state index in [-0.39, 0.29) is 0 Å². The average molecular weight is 818 g/mol. The summed E-state index contributed by atoms with van der Waals surface area (Å²) in [5.74, 6) is 0. The molecule has 10 aromatic carbocycles. The molecule has 0 saturated heterocycles. The lowest BCUT2D eigenvalue weighted by atomic mass is 9.67. The lowest BCUT2D eigenvalue weighted by molar-refractivity contribution is 0.669. The van der Waals surface area contributed by atoms with Gasteiger partial charge in [0.1, 0.15) is 22.3 Å². The molecule has 13 rings (SSSR count). The Hall–Kier alpha value is -8.40. The molecule has 1 aliphatic carbocycles. The van der Waals surface area contributed by atoms with Crippen LogP contribution in [0.25, 0.3) is 77.3 Å². The SMILES string of the molecule is c1ccc(C2(c3cccc(N(c4ccc(-c5cccc6c5oc5ccccc56)cc4)c4ccc(-c5cccc6c5oc5ccccc56)cc4)c3)c3ccccc3-c3ccccc32)cc1. The monoisotopic (exact) mass is 817 g/mol. The lowest BCUT2D eigenvalue weighted by Crippen LogP contribution is -2.28. The van der Waals surface area contributed by atoms with Gasteiger partial charge in [-0.05, 0) is 93.0 Å². The van der Waals surface area contributed by atoms with Crippen molar-refractivity contribution < 1.29 is 8.83 Å². The molecule has 0 radical (unpaired) electrons. The number of hydrogen-bond acceptors (Lipinski definition) is 3. The number of rotatable bonds is 7. The van der Waals surface area contributed by atoms with E-state index >= 15 is 0 Å². The molecule has 3 nitrogen and oxygen atoms in total. The first-order chi connectivity index (χ1) is 31.7. The van der Waals surface area contributed by atoms with Gasteiger partial charge in [-0.15, -0.1) is 0 Å². The largest absolute Gasteiger partial charge is 0.455 e. The van der Waals surface area contributed by atoms with Crippen LogP contribution in [0.2, 0.25) is 0 Å². The van der Waals surface area contributed by atoms with E-state index in [2.05, 4.69) is 217 Å². The van der Waals surface area contributed by atoms with Gasteiger partial charge in [0.25, 0.3) is 0 Å². The van der Waals surface area contributed by atoms with Gasteiger partial charge >= 0.3 is 0 Å². The van der Waals surface area contributed by atoms with Crippen molar-refractivity contribution in [1.82, 2.24) is 0 Å². The first kappa shape index (κ1) is 36.3. The Kier molecular flexibility index (Phi) is 8.13. The molecular weight excluding hydrogens is 779 g/mol. The molecule has 0 amide bonds. The molecule has 300 valence electrons. The van der Waals surface area contributed by atoms with E-state index in [1.165, 1.54) is 33.4 Å². The van der Waals surface area contributed by atoms with Crippen LogP contribution in [0, 0.1) is 0 Å². The van der Waals surface area contributed by atoms with E-state index in [9.17, 15) is 0 Å². The van der Waals surface area contributed by atoms with E-state index in [1.807, 2.05) is 24.3 Å². The molecule has 0 bridgehead atoms. The average Bonchev–Trinajstić information content (AvgIpc) is 4.04. The molecule has 12 aromatic rings. The summed E-state index contributed by atoms with van der Waals surface area (Å²) in [4.78, 5) is 2.38. The minimum atomic E-state index is -0.527. The van der Waals surface area contributed by atoms with Crippen LogP contribution in [-0.4, -0.2) is 0 Å². The molecule has 0 saturated carbocycles. The Morgan fingerprint density at radius 3 is 1.27 bits per heavy atom. The summed E-state index contributed by atoms with van der Waals surface area (Å²) < 4.78 is 13.0. The first-order valence-corrected chi connectivity index (χ1v) is 21.9. The standard InChI is InChI=1S/C61H39NO2/c1-2-15-42(16-3-1)61(55-27-8-4-19-49(55)50-20-5-9-28-56(50)61)43-17-12-18-46(39-43)62(44-35-31-40(32-36-44)47-23-13-25-53-51-21-6-10-29-57(51)63-59(47)53)45-37-33-41(34-38-45)48-24-14-26-54-52-22-7-11-30-58(52)64-60(48)54/h1-39H. The number of para-hydroxylation sites is 4. The zero-order chi connectivity index (χ0) is 42.2. The van der Waals surface area contributed by atoms with E-state index in [1.54, 1.807) is 0 Å². The highest BCUT2D eigenvalue weighted by Gasteiger charge is 2.46. The van der Waals surface area contributed by atoms with Crippen LogP contribution < -0.4 is 4.90 Å². The maximum Gasteiger partial charge on any atom is 0.143 e. The molecule has 1 aliphatic rings. The topological polar surface area (TPSA) is 29.5 Å². The van der Waals surface area contributed by atoms with Gasteiger partial charge in [-0.3, -0.25) is 0 Å². The predicted molar refractivity (Wildman–Crippen MR) is 264 cm³/mol. The summed E-state index contributed by atoms with van der Waals surface area (Å²) in [5.41, 5.74) is 18.1. The molecule has 0 aliphatic heterocycles. The summed E-state index contributed by atoms with van der Waals surface area (Å²) in [5, 5.41) is 4.50. The van der Waals surface area contributed by atoms with E-state index in [0.29, 0.717) is 0 Å². The Bertz CT molecular complexity index is 3520. The highest BCUT2D eigenvalue weighted by Crippen LogP contribution is 2.56. The predicted octanol–water partition coefficient (Wildman–Crippen LogP) is 16.7. The quantitative estimate of drug-likeness (QED) is 0.160. The summed E-state index contributed by atoms with van der Waals surface area (Å²) in [6.07, 6.45) is 0. The second-order valence-corrected chi connectivity index (χ2v) is 16.7. The highest BCUT2D eigenvalue weighted by atomic mass is 16.3. The zero-order valence-electron chi connectivity index (χ0n) is 34.8. The van der Waals surface area contributed by atoms with Gasteiger partial charge in [0.2, 0.25) is 0 Å². The third kappa shape index (κ3) is 5.41. The lowest BCUT2D eigenvalue weighted by Gasteiger charge is -2.35.